The number of aromatic nitrogens is 3. The minimum atomic E-state index is -1.27. The van der Waals surface area contributed by atoms with E-state index in [0.717, 1.165) is 0 Å². The van der Waals surface area contributed by atoms with Gasteiger partial charge in [-0.2, -0.15) is 5.10 Å². The van der Waals surface area contributed by atoms with Crippen molar-refractivity contribution in [2.45, 2.75) is 0 Å². The average molecular weight is 179 g/mol. The van der Waals surface area contributed by atoms with E-state index < -0.39 is 11.5 Å². The molecule has 0 radical (unpaired) electrons. The molecule has 0 aliphatic heterocycles. The lowest BCUT2D eigenvalue weighted by molar-refractivity contribution is 0.0694. The van der Waals surface area contributed by atoms with Crippen LogP contribution in [0.1, 0.15) is 10.4 Å². The molecular formula is C7H5N3O3. The molecule has 0 amide bonds. The Hall–Kier alpha value is -2.11. The predicted molar refractivity (Wildman–Crippen MR) is 42.8 cm³/mol. The van der Waals surface area contributed by atoms with Crippen molar-refractivity contribution in [1.29, 1.82) is 0 Å². The second-order valence-electron chi connectivity index (χ2n) is 2.46. The van der Waals surface area contributed by atoms with Crippen LogP contribution in [0.5, 0.6) is 0 Å². The Morgan fingerprint density at radius 3 is 3.08 bits per heavy atom. The number of aromatic carboxylic acids is 1. The maximum absolute atomic E-state index is 11.1. The maximum Gasteiger partial charge on any atom is 0.342 e. The van der Waals surface area contributed by atoms with Gasteiger partial charge in [-0.1, -0.05) is 0 Å². The second-order valence-corrected chi connectivity index (χ2v) is 2.46. The molecule has 2 aromatic heterocycles. The molecule has 2 aromatic rings. The summed E-state index contributed by atoms with van der Waals surface area (Å²) in [4.78, 5) is 24.0. The van der Waals surface area contributed by atoms with Gasteiger partial charge in [0.15, 0.2) is 0 Å². The fourth-order valence-electron chi connectivity index (χ4n) is 1.03. The average Bonchev–Trinajstić information content (AvgIpc) is 2.48. The Labute approximate surface area is 71.4 Å². The first kappa shape index (κ1) is 7.53. The summed E-state index contributed by atoms with van der Waals surface area (Å²) >= 11 is 0. The van der Waals surface area contributed by atoms with E-state index in [1.165, 1.54) is 16.9 Å². The van der Waals surface area contributed by atoms with E-state index >= 15 is 0 Å². The van der Waals surface area contributed by atoms with Crippen molar-refractivity contribution < 1.29 is 9.90 Å². The zero-order chi connectivity index (χ0) is 9.42. The highest BCUT2D eigenvalue weighted by atomic mass is 16.4. The first-order valence-corrected chi connectivity index (χ1v) is 3.48. The van der Waals surface area contributed by atoms with Gasteiger partial charge in [0, 0.05) is 6.07 Å². The third-order valence-corrected chi connectivity index (χ3v) is 1.64. The van der Waals surface area contributed by atoms with Crippen LogP contribution in [0, 0.1) is 0 Å². The Morgan fingerprint density at radius 1 is 1.62 bits per heavy atom. The molecule has 2 N–H and O–H groups in total. The molecule has 6 heteroatoms. The molecule has 66 valence electrons. The third kappa shape index (κ3) is 1.08. The molecule has 0 aromatic carbocycles. The van der Waals surface area contributed by atoms with E-state index in [9.17, 15) is 9.59 Å². The van der Waals surface area contributed by atoms with E-state index in [4.69, 9.17) is 5.11 Å². The molecule has 0 saturated heterocycles. The number of carbonyl (C=O) groups is 1. The quantitative estimate of drug-likeness (QED) is 0.630. The van der Waals surface area contributed by atoms with Crippen LogP contribution in [0.4, 0.5) is 0 Å². The summed E-state index contributed by atoms with van der Waals surface area (Å²) in [6, 6.07) is 1.58. The van der Waals surface area contributed by atoms with E-state index in [1.807, 2.05) is 0 Å². The number of hydrogen-bond donors (Lipinski definition) is 2. The molecule has 0 aliphatic rings. The monoisotopic (exact) mass is 179 g/mol. The topological polar surface area (TPSA) is 87.5 Å². The number of H-pyrrole nitrogens is 1. The van der Waals surface area contributed by atoms with Crippen LogP contribution in [0.15, 0.2) is 23.3 Å². The van der Waals surface area contributed by atoms with Gasteiger partial charge in [-0.3, -0.25) is 4.79 Å². The summed E-state index contributed by atoms with van der Waals surface area (Å²) in [6.07, 6.45) is 2.65. The molecule has 0 spiro atoms. The third-order valence-electron chi connectivity index (χ3n) is 1.64. The number of aromatic amines is 1. The highest BCUT2D eigenvalue weighted by Crippen LogP contribution is 1.96. The molecule has 6 nitrogen and oxygen atoms in total. The lowest BCUT2D eigenvalue weighted by Crippen LogP contribution is -2.18. The number of nitrogens with one attached hydrogen (secondary N) is 1. The van der Waals surface area contributed by atoms with Crippen molar-refractivity contribution in [2.75, 3.05) is 0 Å². The van der Waals surface area contributed by atoms with Crippen molar-refractivity contribution in [1.82, 2.24) is 14.6 Å². The Bertz CT molecular complexity index is 525. The summed E-state index contributed by atoms with van der Waals surface area (Å²) in [5, 5.41) is 12.4. The number of carboxylic acids is 1. The lowest BCUT2D eigenvalue weighted by atomic mass is 10.3. The minimum Gasteiger partial charge on any atom is -0.477 e. The van der Waals surface area contributed by atoms with Gasteiger partial charge in [0.1, 0.15) is 11.2 Å². The standard InChI is InChI=1S/C7H5N3O3/c11-6-4(7(12)13)3-10-5(9-6)1-2-8-10/h1-3H,(H,9,11)(H,12,13). The van der Waals surface area contributed by atoms with Crippen molar-refractivity contribution >= 4 is 11.6 Å². The van der Waals surface area contributed by atoms with E-state index in [-0.39, 0.29) is 5.56 Å². The predicted octanol–water partition coefficient (Wildman–Crippen LogP) is -0.279. The SMILES string of the molecule is O=C(O)c1cn2nccc2[nH]c1=O. The fourth-order valence-corrected chi connectivity index (χ4v) is 1.03. The number of rotatable bonds is 1. The molecular weight excluding hydrogens is 174 g/mol. The normalized spacial score (nSPS) is 10.5. The highest BCUT2D eigenvalue weighted by Gasteiger charge is 2.09. The zero-order valence-corrected chi connectivity index (χ0v) is 6.39. The molecule has 0 bridgehead atoms. The summed E-state index contributed by atoms with van der Waals surface area (Å²) in [7, 11) is 0. The van der Waals surface area contributed by atoms with Gasteiger partial charge >= 0.3 is 5.97 Å². The van der Waals surface area contributed by atoms with Gasteiger partial charge in [-0.05, 0) is 0 Å². The van der Waals surface area contributed by atoms with Gasteiger partial charge in [-0.15, -0.1) is 0 Å². The Morgan fingerprint density at radius 2 is 2.38 bits per heavy atom. The molecule has 0 aliphatic carbocycles. The molecule has 2 heterocycles. The summed E-state index contributed by atoms with van der Waals surface area (Å²) in [5.41, 5.74) is -0.480. The summed E-state index contributed by atoms with van der Waals surface area (Å²) < 4.78 is 1.30. The lowest BCUT2D eigenvalue weighted by Gasteiger charge is -1.94. The number of carboxylic acid groups (broad SMARTS) is 1. The van der Waals surface area contributed by atoms with Crippen LogP contribution >= 0.6 is 0 Å². The molecule has 13 heavy (non-hydrogen) atoms. The fraction of sp³-hybridized carbons (Fsp3) is 0. The van der Waals surface area contributed by atoms with Gasteiger partial charge in [0.25, 0.3) is 5.56 Å². The molecule has 0 fully saturated rings. The first-order valence-electron chi connectivity index (χ1n) is 3.48. The Kier molecular flexibility index (Phi) is 1.42. The van der Waals surface area contributed by atoms with Crippen molar-refractivity contribution in [3.8, 4) is 0 Å². The van der Waals surface area contributed by atoms with Crippen molar-refractivity contribution in [3.63, 3.8) is 0 Å². The van der Waals surface area contributed by atoms with Gasteiger partial charge in [0.2, 0.25) is 0 Å². The molecule has 0 saturated carbocycles. The Balaban J connectivity index is 2.84. The van der Waals surface area contributed by atoms with Gasteiger partial charge in [-0.25, -0.2) is 9.31 Å². The molecule has 2 rings (SSSR count). The van der Waals surface area contributed by atoms with Gasteiger partial charge in [0.05, 0.1) is 12.4 Å². The van der Waals surface area contributed by atoms with Crippen LogP contribution in [0.3, 0.4) is 0 Å². The van der Waals surface area contributed by atoms with Gasteiger partial charge < -0.3 is 10.1 Å². The largest absolute Gasteiger partial charge is 0.477 e. The number of fused-ring (bicyclic) bond motifs is 1. The summed E-state index contributed by atoms with van der Waals surface area (Å²) in [5.74, 6) is -1.27. The zero-order valence-electron chi connectivity index (χ0n) is 6.39. The molecule has 0 unspecified atom stereocenters. The first-order chi connectivity index (χ1) is 6.18. The highest BCUT2D eigenvalue weighted by molar-refractivity contribution is 5.86. The second kappa shape index (κ2) is 2.44. The maximum atomic E-state index is 11.1. The number of nitrogens with zero attached hydrogens (tertiary/aromatic N) is 2. The van der Waals surface area contributed by atoms with Crippen LogP contribution in [0.25, 0.3) is 5.65 Å². The van der Waals surface area contributed by atoms with Crippen molar-refractivity contribution in [3.05, 3.63) is 34.4 Å². The number of hydrogen-bond acceptors (Lipinski definition) is 3. The minimum absolute atomic E-state index is 0.323. The molecule has 0 atom stereocenters. The van der Waals surface area contributed by atoms with Crippen LogP contribution in [-0.4, -0.2) is 25.7 Å². The van der Waals surface area contributed by atoms with Crippen LogP contribution in [-0.2, 0) is 0 Å². The smallest absolute Gasteiger partial charge is 0.342 e. The van der Waals surface area contributed by atoms with Crippen molar-refractivity contribution in [2.24, 2.45) is 0 Å². The summed E-state index contributed by atoms with van der Waals surface area (Å²) in [6.45, 7) is 0. The van der Waals surface area contributed by atoms with E-state index in [0.29, 0.717) is 5.65 Å². The van der Waals surface area contributed by atoms with E-state index in [2.05, 4.69) is 10.1 Å². The van der Waals surface area contributed by atoms with Crippen LogP contribution < -0.4 is 5.56 Å². The van der Waals surface area contributed by atoms with E-state index in [1.54, 1.807) is 6.07 Å². The van der Waals surface area contributed by atoms with Crippen LogP contribution in [0.2, 0.25) is 0 Å².